The molecule has 1 amide bonds. The van der Waals surface area contributed by atoms with Gasteiger partial charge in [0.1, 0.15) is 6.61 Å². The van der Waals surface area contributed by atoms with Crippen molar-refractivity contribution in [1.82, 2.24) is 4.98 Å². The minimum atomic E-state index is -0.114. The van der Waals surface area contributed by atoms with Crippen LogP contribution in [0.3, 0.4) is 0 Å². The molecule has 0 aliphatic carbocycles. The Bertz CT molecular complexity index is 427. The van der Waals surface area contributed by atoms with Crippen LogP contribution in [0.4, 0.5) is 5.69 Å². The average Bonchev–Trinajstić information content (AvgIpc) is 2.41. The number of pyridine rings is 1. The topological polar surface area (TPSA) is 60.5 Å². The highest BCUT2D eigenvalue weighted by molar-refractivity contribution is 6.03. The van der Waals surface area contributed by atoms with E-state index in [1.54, 1.807) is 32.4 Å². The van der Waals surface area contributed by atoms with Crippen molar-refractivity contribution in [3.63, 3.8) is 0 Å². The summed E-state index contributed by atoms with van der Waals surface area (Å²) in [5.74, 6) is 0.396. The summed E-state index contributed by atoms with van der Waals surface area (Å²) in [5, 5.41) is 2.77. The molecule has 1 rings (SSSR count). The first-order valence-electron chi connectivity index (χ1n) is 6.23. The molecule has 1 heterocycles. The number of carbonyl (C=O) groups excluding carboxylic acids is 1. The molecule has 0 radical (unpaired) electrons. The Labute approximate surface area is 113 Å². The molecule has 0 atom stereocenters. The number of hydrogen-bond donors (Lipinski definition) is 1. The van der Waals surface area contributed by atoms with Gasteiger partial charge in [0.15, 0.2) is 0 Å². The maximum atomic E-state index is 11.7. The zero-order chi connectivity index (χ0) is 14.1. The van der Waals surface area contributed by atoms with E-state index in [1.807, 2.05) is 13.0 Å². The lowest BCUT2D eigenvalue weighted by molar-refractivity contribution is -0.112. The van der Waals surface area contributed by atoms with Gasteiger partial charge in [-0.05, 0) is 19.4 Å². The van der Waals surface area contributed by atoms with Gasteiger partial charge in [0.2, 0.25) is 5.88 Å². The highest BCUT2D eigenvalue weighted by atomic mass is 16.5. The standard InChI is InChI=1S/C14H20N2O3/c1-4-5-11(2)14(17)16-12-6-7-13(15-10-12)19-9-8-18-3/h5-7,10H,4,8-9H2,1-3H3,(H,16,17). The molecule has 19 heavy (non-hydrogen) atoms. The predicted octanol–water partition coefficient (Wildman–Crippen LogP) is 2.40. The third-order valence-electron chi connectivity index (χ3n) is 2.40. The first kappa shape index (κ1) is 15.2. The van der Waals surface area contributed by atoms with Gasteiger partial charge in [0.05, 0.1) is 18.5 Å². The van der Waals surface area contributed by atoms with Crippen molar-refractivity contribution in [1.29, 1.82) is 0 Å². The summed E-state index contributed by atoms with van der Waals surface area (Å²) in [6.45, 7) is 4.74. The Balaban J connectivity index is 2.52. The van der Waals surface area contributed by atoms with Crippen molar-refractivity contribution in [2.45, 2.75) is 20.3 Å². The van der Waals surface area contributed by atoms with Gasteiger partial charge in [-0.2, -0.15) is 0 Å². The number of amides is 1. The fourth-order valence-corrected chi connectivity index (χ4v) is 1.40. The number of ether oxygens (including phenoxy) is 2. The second-order valence-electron chi connectivity index (χ2n) is 3.98. The van der Waals surface area contributed by atoms with Gasteiger partial charge in [-0.3, -0.25) is 4.79 Å². The van der Waals surface area contributed by atoms with Crippen LogP contribution in [0, 0.1) is 0 Å². The van der Waals surface area contributed by atoms with Gasteiger partial charge in [-0.1, -0.05) is 13.0 Å². The number of rotatable bonds is 7. The molecule has 0 aliphatic heterocycles. The van der Waals surface area contributed by atoms with Crippen molar-refractivity contribution >= 4 is 11.6 Å². The van der Waals surface area contributed by atoms with Crippen LogP contribution >= 0.6 is 0 Å². The van der Waals surface area contributed by atoms with Gasteiger partial charge < -0.3 is 14.8 Å². The van der Waals surface area contributed by atoms with Crippen molar-refractivity contribution in [2.24, 2.45) is 0 Å². The first-order chi connectivity index (χ1) is 9.17. The van der Waals surface area contributed by atoms with E-state index in [0.717, 1.165) is 6.42 Å². The van der Waals surface area contributed by atoms with E-state index < -0.39 is 0 Å². The second-order valence-corrected chi connectivity index (χ2v) is 3.98. The summed E-state index contributed by atoms with van der Waals surface area (Å²) in [6.07, 6.45) is 4.29. The summed E-state index contributed by atoms with van der Waals surface area (Å²) < 4.78 is 10.2. The van der Waals surface area contributed by atoms with Crippen LogP contribution in [0.1, 0.15) is 20.3 Å². The summed E-state index contributed by atoms with van der Waals surface area (Å²) in [5.41, 5.74) is 1.34. The highest BCUT2D eigenvalue weighted by Gasteiger charge is 2.04. The number of allylic oxidation sites excluding steroid dienone is 1. The van der Waals surface area contributed by atoms with Crippen LogP contribution in [0.5, 0.6) is 5.88 Å². The van der Waals surface area contributed by atoms with Gasteiger partial charge >= 0.3 is 0 Å². The number of carbonyl (C=O) groups is 1. The molecular weight excluding hydrogens is 244 g/mol. The number of nitrogens with one attached hydrogen (secondary N) is 1. The number of methoxy groups -OCH3 is 1. The fourth-order valence-electron chi connectivity index (χ4n) is 1.40. The van der Waals surface area contributed by atoms with E-state index in [2.05, 4.69) is 10.3 Å². The number of nitrogens with zero attached hydrogens (tertiary/aromatic N) is 1. The highest BCUT2D eigenvalue weighted by Crippen LogP contribution is 2.12. The molecule has 0 aromatic carbocycles. The van der Waals surface area contributed by atoms with E-state index in [9.17, 15) is 4.79 Å². The second kappa shape index (κ2) is 8.26. The fraction of sp³-hybridized carbons (Fsp3) is 0.429. The van der Waals surface area contributed by atoms with Crippen LogP contribution < -0.4 is 10.1 Å². The van der Waals surface area contributed by atoms with Crippen LogP contribution in [-0.4, -0.2) is 31.2 Å². The lowest BCUT2D eigenvalue weighted by atomic mass is 10.2. The summed E-state index contributed by atoms with van der Waals surface area (Å²) in [4.78, 5) is 15.8. The van der Waals surface area contributed by atoms with E-state index >= 15 is 0 Å². The number of anilines is 1. The van der Waals surface area contributed by atoms with Crippen molar-refractivity contribution in [3.05, 3.63) is 30.0 Å². The molecule has 0 spiro atoms. The first-order valence-corrected chi connectivity index (χ1v) is 6.23. The molecule has 0 bridgehead atoms. The van der Waals surface area contributed by atoms with E-state index in [0.29, 0.717) is 30.4 Å². The minimum Gasteiger partial charge on any atom is -0.475 e. The molecule has 0 saturated carbocycles. The molecular formula is C14H20N2O3. The summed E-state index contributed by atoms with van der Waals surface area (Å²) in [6, 6.07) is 3.47. The molecule has 5 heteroatoms. The molecule has 104 valence electrons. The largest absolute Gasteiger partial charge is 0.475 e. The van der Waals surface area contributed by atoms with Crippen LogP contribution in [0.25, 0.3) is 0 Å². The molecule has 5 nitrogen and oxygen atoms in total. The third-order valence-corrected chi connectivity index (χ3v) is 2.40. The SMILES string of the molecule is CCC=C(C)C(=O)Nc1ccc(OCCOC)nc1. The predicted molar refractivity (Wildman–Crippen MR) is 74.3 cm³/mol. The summed E-state index contributed by atoms with van der Waals surface area (Å²) in [7, 11) is 1.61. The van der Waals surface area contributed by atoms with Gasteiger partial charge in [0, 0.05) is 18.7 Å². The smallest absolute Gasteiger partial charge is 0.251 e. The normalized spacial score (nSPS) is 11.2. The molecule has 1 N–H and O–H groups in total. The van der Waals surface area contributed by atoms with Crippen LogP contribution in [0.15, 0.2) is 30.0 Å². The number of aromatic nitrogens is 1. The Morgan fingerprint density at radius 2 is 2.21 bits per heavy atom. The van der Waals surface area contributed by atoms with E-state index in [1.165, 1.54) is 0 Å². The Morgan fingerprint density at radius 1 is 1.42 bits per heavy atom. The molecule has 0 aliphatic rings. The van der Waals surface area contributed by atoms with Gasteiger partial charge in [-0.25, -0.2) is 4.98 Å². The molecule has 0 saturated heterocycles. The minimum absolute atomic E-state index is 0.114. The lowest BCUT2D eigenvalue weighted by Crippen LogP contribution is -2.13. The Hall–Kier alpha value is -1.88. The van der Waals surface area contributed by atoms with Crippen LogP contribution in [0.2, 0.25) is 0 Å². The zero-order valence-electron chi connectivity index (χ0n) is 11.6. The molecule has 0 fully saturated rings. The average molecular weight is 264 g/mol. The third kappa shape index (κ3) is 5.52. The van der Waals surface area contributed by atoms with Crippen molar-refractivity contribution < 1.29 is 14.3 Å². The zero-order valence-corrected chi connectivity index (χ0v) is 11.6. The lowest BCUT2D eigenvalue weighted by Gasteiger charge is -2.07. The monoisotopic (exact) mass is 264 g/mol. The van der Waals surface area contributed by atoms with Gasteiger partial charge in [-0.15, -0.1) is 0 Å². The van der Waals surface area contributed by atoms with Gasteiger partial charge in [0.25, 0.3) is 5.91 Å². The van der Waals surface area contributed by atoms with E-state index in [-0.39, 0.29) is 5.91 Å². The Morgan fingerprint density at radius 3 is 2.79 bits per heavy atom. The maximum Gasteiger partial charge on any atom is 0.251 e. The number of hydrogen-bond acceptors (Lipinski definition) is 4. The summed E-state index contributed by atoms with van der Waals surface area (Å²) >= 11 is 0. The molecule has 1 aromatic heterocycles. The maximum absolute atomic E-state index is 11.7. The van der Waals surface area contributed by atoms with Crippen molar-refractivity contribution in [3.8, 4) is 5.88 Å². The molecule has 1 aromatic rings. The van der Waals surface area contributed by atoms with E-state index in [4.69, 9.17) is 9.47 Å². The van der Waals surface area contributed by atoms with Crippen LogP contribution in [-0.2, 0) is 9.53 Å². The van der Waals surface area contributed by atoms with Crippen molar-refractivity contribution in [2.75, 3.05) is 25.6 Å². The quantitative estimate of drug-likeness (QED) is 0.607. The molecule has 0 unspecified atom stereocenters. The Kier molecular flexibility index (Phi) is 6.60.